The molecule has 0 fully saturated rings. The van der Waals surface area contributed by atoms with Gasteiger partial charge in [0.25, 0.3) is 0 Å². The summed E-state index contributed by atoms with van der Waals surface area (Å²) in [5, 5.41) is 2.73. The second-order valence-corrected chi connectivity index (χ2v) is 4.47. The number of rotatable bonds is 1. The molecule has 2 nitrogen and oxygen atoms in total. The smallest absolute Gasteiger partial charge is 0.235 e. The van der Waals surface area contributed by atoms with Gasteiger partial charge in [-0.3, -0.25) is 4.79 Å². The monoisotopic (exact) mass is 207 g/mol. The lowest BCUT2D eigenvalue weighted by molar-refractivity contribution is -0.121. The van der Waals surface area contributed by atoms with Crippen LogP contribution in [0.2, 0.25) is 0 Å². The highest BCUT2D eigenvalue weighted by Gasteiger charge is 2.46. The fraction of sp³-hybridized carbons (Fsp3) is 0.417. The van der Waals surface area contributed by atoms with Gasteiger partial charge in [0.1, 0.15) is 5.82 Å². The molecule has 15 heavy (non-hydrogen) atoms. The Labute approximate surface area is 88.5 Å². The SMILES string of the molecule is CC(C)C1(C)C(=O)Nc2cccc(F)c21. The Morgan fingerprint density at radius 1 is 1.40 bits per heavy atom. The van der Waals surface area contributed by atoms with Crippen LogP contribution in [-0.4, -0.2) is 5.91 Å². The molecular formula is C12H14FNO. The molecule has 1 aliphatic heterocycles. The first kappa shape index (κ1) is 10.1. The van der Waals surface area contributed by atoms with Gasteiger partial charge in [-0.05, 0) is 25.0 Å². The molecule has 1 unspecified atom stereocenters. The first-order valence-corrected chi connectivity index (χ1v) is 5.08. The maximum atomic E-state index is 13.7. The molecule has 0 radical (unpaired) electrons. The van der Waals surface area contributed by atoms with Crippen LogP contribution in [0, 0.1) is 11.7 Å². The van der Waals surface area contributed by atoms with E-state index in [1.807, 2.05) is 13.8 Å². The van der Waals surface area contributed by atoms with Crippen molar-refractivity contribution in [2.45, 2.75) is 26.2 Å². The highest BCUT2D eigenvalue weighted by atomic mass is 19.1. The molecule has 0 saturated heterocycles. The van der Waals surface area contributed by atoms with Gasteiger partial charge >= 0.3 is 0 Å². The Bertz CT molecular complexity index is 428. The van der Waals surface area contributed by atoms with E-state index in [-0.39, 0.29) is 17.6 Å². The number of hydrogen-bond donors (Lipinski definition) is 1. The zero-order valence-electron chi connectivity index (χ0n) is 9.10. The van der Waals surface area contributed by atoms with Crippen LogP contribution in [0.15, 0.2) is 18.2 Å². The minimum Gasteiger partial charge on any atom is -0.325 e. The van der Waals surface area contributed by atoms with E-state index in [1.165, 1.54) is 6.07 Å². The van der Waals surface area contributed by atoms with Crippen LogP contribution in [0.4, 0.5) is 10.1 Å². The van der Waals surface area contributed by atoms with Crippen molar-refractivity contribution in [3.05, 3.63) is 29.6 Å². The summed E-state index contributed by atoms with van der Waals surface area (Å²) in [5.74, 6) is -0.352. The van der Waals surface area contributed by atoms with Crippen LogP contribution in [0.3, 0.4) is 0 Å². The van der Waals surface area contributed by atoms with Crippen molar-refractivity contribution < 1.29 is 9.18 Å². The lowest BCUT2D eigenvalue weighted by Gasteiger charge is -2.26. The Hall–Kier alpha value is -1.38. The molecule has 1 aromatic rings. The van der Waals surface area contributed by atoms with Crippen LogP contribution in [0.5, 0.6) is 0 Å². The van der Waals surface area contributed by atoms with Gasteiger partial charge in [0, 0.05) is 11.3 Å². The minimum atomic E-state index is -0.749. The Balaban J connectivity index is 2.68. The summed E-state index contributed by atoms with van der Waals surface area (Å²) in [4.78, 5) is 11.9. The minimum absolute atomic E-state index is 0.0654. The quantitative estimate of drug-likeness (QED) is 0.753. The predicted molar refractivity (Wildman–Crippen MR) is 57.2 cm³/mol. The Morgan fingerprint density at radius 3 is 2.67 bits per heavy atom. The fourth-order valence-electron chi connectivity index (χ4n) is 2.07. The summed E-state index contributed by atoms with van der Waals surface area (Å²) in [6.07, 6.45) is 0. The molecule has 2 rings (SSSR count). The molecule has 0 saturated carbocycles. The van der Waals surface area contributed by atoms with Gasteiger partial charge in [-0.1, -0.05) is 19.9 Å². The molecule has 1 atom stereocenters. The van der Waals surface area contributed by atoms with Crippen molar-refractivity contribution >= 4 is 11.6 Å². The molecule has 1 N–H and O–H groups in total. The number of anilines is 1. The Kier molecular flexibility index (Phi) is 2.07. The number of carbonyl (C=O) groups is 1. The molecule has 1 aromatic carbocycles. The van der Waals surface area contributed by atoms with Crippen LogP contribution < -0.4 is 5.32 Å². The average Bonchev–Trinajstić information content (AvgIpc) is 2.41. The van der Waals surface area contributed by atoms with Gasteiger partial charge in [0.2, 0.25) is 5.91 Å². The maximum absolute atomic E-state index is 13.7. The van der Waals surface area contributed by atoms with E-state index >= 15 is 0 Å². The highest BCUT2D eigenvalue weighted by Crippen LogP contribution is 2.43. The van der Waals surface area contributed by atoms with Crippen LogP contribution >= 0.6 is 0 Å². The second-order valence-electron chi connectivity index (χ2n) is 4.47. The van der Waals surface area contributed by atoms with Crippen molar-refractivity contribution in [1.82, 2.24) is 0 Å². The normalized spacial score (nSPS) is 24.2. The number of carbonyl (C=O) groups excluding carboxylic acids is 1. The van der Waals surface area contributed by atoms with Gasteiger partial charge in [0.05, 0.1) is 5.41 Å². The summed E-state index contributed by atoms with van der Waals surface area (Å²) < 4.78 is 13.7. The fourth-order valence-corrected chi connectivity index (χ4v) is 2.07. The maximum Gasteiger partial charge on any atom is 0.235 e. The van der Waals surface area contributed by atoms with E-state index in [2.05, 4.69) is 5.32 Å². The number of hydrogen-bond acceptors (Lipinski definition) is 1. The van der Waals surface area contributed by atoms with Gasteiger partial charge in [-0.2, -0.15) is 0 Å². The zero-order valence-corrected chi connectivity index (χ0v) is 9.10. The van der Waals surface area contributed by atoms with Crippen molar-refractivity contribution in [2.24, 2.45) is 5.92 Å². The second kappa shape index (κ2) is 3.05. The zero-order chi connectivity index (χ0) is 11.2. The molecule has 1 heterocycles. The van der Waals surface area contributed by atoms with Crippen molar-refractivity contribution in [3.8, 4) is 0 Å². The average molecular weight is 207 g/mol. The van der Waals surface area contributed by atoms with E-state index in [0.717, 1.165) is 0 Å². The first-order valence-electron chi connectivity index (χ1n) is 5.08. The van der Waals surface area contributed by atoms with Gasteiger partial charge in [-0.25, -0.2) is 4.39 Å². The van der Waals surface area contributed by atoms with E-state index in [9.17, 15) is 9.18 Å². The van der Waals surface area contributed by atoms with E-state index in [4.69, 9.17) is 0 Å². The third kappa shape index (κ3) is 1.19. The largest absolute Gasteiger partial charge is 0.325 e. The number of benzene rings is 1. The topological polar surface area (TPSA) is 29.1 Å². The van der Waals surface area contributed by atoms with Crippen LogP contribution in [-0.2, 0) is 10.2 Å². The molecule has 1 aliphatic rings. The van der Waals surface area contributed by atoms with Crippen LogP contribution in [0.1, 0.15) is 26.3 Å². The molecule has 3 heteroatoms. The lowest BCUT2D eigenvalue weighted by Crippen LogP contribution is -2.36. The van der Waals surface area contributed by atoms with Gasteiger partial charge < -0.3 is 5.32 Å². The van der Waals surface area contributed by atoms with E-state index in [1.54, 1.807) is 19.1 Å². The molecule has 0 aromatic heterocycles. The van der Waals surface area contributed by atoms with Crippen molar-refractivity contribution in [3.63, 3.8) is 0 Å². The number of nitrogens with one attached hydrogen (secondary N) is 1. The van der Waals surface area contributed by atoms with E-state index in [0.29, 0.717) is 11.3 Å². The number of fused-ring (bicyclic) bond motifs is 1. The van der Waals surface area contributed by atoms with Crippen LogP contribution in [0.25, 0.3) is 0 Å². The summed E-state index contributed by atoms with van der Waals surface area (Å²) >= 11 is 0. The Morgan fingerprint density at radius 2 is 2.07 bits per heavy atom. The summed E-state index contributed by atoms with van der Waals surface area (Å²) in [6, 6.07) is 4.75. The molecule has 0 bridgehead atoms. The standard InChI is InChI=1S/C12H14FNO/c1-7(2)12(3)10-8(13)5-4-6-9(10)14-11(12)15/h4-7H,1-3H3,(H,14,15). The highest BCUT2D eigenvalue weighted by molar-refractivity contribution is 6.06. The molecule has 1 amide bonds. The van der Waals surface area contributed by atoms with Crippen molar-refractivity contribution in [2.75, 3.05) is 5.32 Å². The third-order valence-electron chi connectivity index (χ3n) is 3.41. The molecule has 0 spiro atoms. The molecule has 80 valence electrons. The predicted octanol–water partition coefficient (Wildman–Crippen LogP) is 2.69. The van der Waals surface area contributed by atoms with E-state index < -0.39 is 5.41 Å². The summed E-state index contributed by atoms with van der Waals surface area (Å²) in [6.45, 7) is 5.66. The summed E-state index contributed by atoms with van der Waals surface area (Å²) in [5.41, 5.74) is 0.363. The van der Waals surface area contributed by atoms with Gasteiger partial charge in [-0.15, -0.1) is 0 Å². The van der Waals surface area contributed by atoms with Gasteiger partial charge in [0.15, 0.2) is 0 Å². The van der Waals surface area contributed by atoms with Crippen molar-refractivity contribution in [1.29, 1.82) is 0 Å². The molecule has 0 aliphatic carbocycles. The third-order valence-corrected chi connectivity index (χ3v) is 3.41. The first-order chi connectivity index (χ1) is 6.98. The summed E-state index contributed by atoms with van der Waals surface area (Å²) in [7, 11) is 0. The number of halogens is 1. The lowest BCUT2D eigenvalue weighted by atomic mass is 9.74. The number of amides is 1. The molecular weight excluding hydrogens is 193 g/mol.